The minimum Gasteiger partial charge on any atom is -0.502 e. The van der Waals surface area contributed by atoms with Crippen molar-refractivity contribution < 1.29 is 19.9 Å². The fourth-order valence-electron chi connectivity index (χ4n) is 1.09. The van der Waals surface area contributed by atoms with Gasteiger partial charge in [0.2, 0.25) is 0 Å². The van der Waals surface area contributed by atoms with Gasteiger partial charge in [0.05, 0.1) is 4.92 Å². The Kier molecular flexibility index (Phi) is 3.99. The maximum atomic E-state index is 10.5. The first kappa shape index (κ1) is 12.4. The van der Waals surface area contributed by atoms with Crippen LogP contribution in [0, 0.1) is 10.1 Å². The van der Waals surface area contributed by atoms with E-state index in [9.17, 15) is 20.0 Å². The number of nitro benzene ring substituents is 1. The molecule has 0 radical (unpaired) electrons. The van der Waals surface area contributed by atoms with E-state index in [0.29, 0.717) is 5.56 Å². The SMILES string of the molecule is O=C(O)/C=C/C=C/c1ccc(O)c([N+](=O)[O-])c1. The van der Waals surface area contributed by atoms with Crippen molar-refractivity contribution >= 4 is 17.7 Å². The summed E-state index contributed by atoms with van der Waals surface area (Å²) in [6.45, 7) is 0. The van der Waals surface area contributed by atoms with E-state index < -0.39 is 22.3 Å². The molecule has 6 nitrogen and oxygen atoms in total. The number of phenols is 1. The monoisotopic (exact) mass is 235 g/mol. The summed E-state index contributed by atoms with van der Waals surface area (Å²) in [5, 5.41) is 28.0. The van der Waals surface area contributed by atoms with Crippen molar-refractivity contribution in [3.63, 3.8) is 0 Å². The molecule has 1 aromatic rings. The van der Waals surface area contributed by atoms with Crippen LogP contribution >= 0.6 is 0 Å². The molecule has 0 aliphatic heterocycles. The van der Waals surface area contributed by atoms with Crippen LogP contribution in [-0.4, -0.2) is 21.1 Å². The lowest BCUT2D eigenvalue weighted by Gasteiger charge is -1.96. The number of rotatable bonds is 4. The lowest BCUT2D eigenvalue weighted by Crippen LogP contribution is -1.88. The third-order valence-corrected chi connectivity index (χ3v) is 1.83. The van der Waals surface area contributed by atoms with E-state index in [0.717, 1.165) is 6.08 Å². The highest BCUT2D eigenvalue weighted by atomic mass is 16.6. The first-order chi connectivity index (χ1) is 8.00. The average molecular weight is 235 g/mol. The van der Waals surface area contributed by atoms with E-state index in [-0.39, 0.29) is 0 Å². The van der Waals surface area contributed by atoms with Crippen LogP contribution in [0.15, 0.2) is 36.4 Å². The number of carboxylic acid groups (broad SMARTS) is 1. The largest absolute Gasteiger partial charge is 0.502 e. The fourth-order valence-corrected chi connectivity index (χ4v) is 1.09. The molecule has 0 saturated heterocycles. The van der Waals surface area contributed by atoms with Crippen molar-refractivity contribution in [2.24, 2.45) is 0 Å². The van der Waals surface area contributed by atoms with Crippen molar-refractivity contribution in [3.8, 4) is 5.75 Å². The zero-order valence-corrected chi connectivity index (χ0v) is 8.61. The van der Waals surface area contributed by atoms with E-state index in [1.807, 2.05) is 0 Å². The van der Waals surface area contributed by atoms with E-state index in [1.165, 1.54) is 36.4 Å². The second kappa shape index (κ2) is 5.45. The van der Waals surface area contributed by atoms with Crippen LogP contribution in [0.4, 0.5) is 5.69 Å². The van der Waals surface area contributed by atoms with Gasteiger partial charge in [-0.3, -0.25) is 10.1 Å². The first-order valence-electron chi connectivity index (χ1n) is 4.56. The number of benzene rings is 1. The molecule has 0 bridgehead atoms. The summed E-state index contributed by atoms with van der Waals surface area (Å²) in [4.78, 5) is 20.0. The zero-order chi connectivity index (χ0) is 12.8. The van der Waals surface area contributed by atoms with Gasteiger partial charge in [0, 0.05) is 12.1 Å². The van der Waals surface area contributed by atoms with E-state index in [4.69, 9.17) is 5.11 Å². The molecule has 17 heavy (non-hydrogen) atoms. The normalized spacial score (nSPS) is 11.1. The highest BCUT2D eigenvalue weighted by Crippen LogP contribution is 2.26. The van der Waals surface area contributed by atoms with E-state index in [1.54, 1.807) is 0 Å². The van der Waals surface area contributed by atoms with Gasteiger partial charge in [-0.15, -0.1) is 0 Å². The second-order valence-corrected chi connectivity index (χ2v) is 3.06. The number of hydrogen-bond donors (Lipinski definition) is 2. The van der Waals surface area contributed by atoms with Crippen molar-refractivity contribution in [3.05, 3.63) is 52.1 Å². The van der Waals surface area contributed by atoms with E-state index in [2.05, 4.69) is 0 Å². The Morgan fingerprint density at radius 3 is 2.65 bits per heavy atom. The lowest BCUT2D eigenvalue weighted by atomic mass is 10.1. The van der Waals surface area contributed by atoms with Crippen molar-refractivity contribution in [1.29, 1.82) is 0 Å². The summed E-state index contributed by atoms with van der Waals surface area (Å²) in [7, 11) is 0. The van der Waals surface area contributed by atoms with Crippen molar-refractivity contribution in [2.75, 3.05) is 0 Å². The molecule has 0 spiro atoms. The van der Waals surface area contributed by atoms with Gasteiger partial charge in [-0.05, 0) is 11.6 Å². The van der Waals surface area contributed by atoms with Crippen LogP contribution in [0.2, 0.25) is 0 Å². The number of nitro groups is 1. The molecule has 0 amide bonds. The Bertz CT molecular complexity index is 505. The molecule has 0 saturated carbocycles. The fraction of sp³-hybridized carbons (Fsp3) is 0. The molecule has 2 N–H and O–H groups in total. The minimum absolute atomic E-state index is 0.394. The molecule has 0 heterocycles. The number of phenolic OH excluding ortho intramolecular Hbond substituents is 1. The van der Waals surface area contributed by atoms with Crippen LogP contribution < -0.4 is 0 Å². The molecular formula is C11H9NO5. The molecule has 0 aromatic heterocycles. The summed E-state index contributed by atoms with van der Waals surface area (Å²) < 4.78 is 0. The van der Waals surface area contributed by atoms with Gasteiger partial charge in [0.25, 0.3) is 0 Å². The van der Waals surface area contributed by atoms with E-state index >= 15 is 0 Å². The van der Waals surface area contributed by atoms with Gasteiger partial charge in [-0.25, -0.2) is 4.79 Å². The summed E-state index contributed by atoms with van der Waals surface area (Å²) in [6, 6.07) is 3.88. The number of allylic oxidation sites excluding steroid dienone is 2. The molecule has 0 unspecified atom stereocenters. The summed E-state index contributed by atoms with van der Waals surface area (Å²) >= 11 is 0. The van der Waals surface area contributed by atoms with Crippen LogP contribution in [0.3, 0.4) is 0 Å². The molecule has 0 aliphatic rings. The quantitative estimate of drug-likeness (QED) is 0.359. The van der Waals surface area contributed by atoms with Crippen LogP contribution in [0.25, 0.3) is 6.08 Å². The maximum Gasteiger partial charge on any atom is 0.328 e. The Morgan fingerprint density at radius 2 is 2.06 bits per heavy atom. The third-order valence-electron chi connectivity index (χ3n) is 1.83. The van der Waals surface area contributed by atoms with Crippen molar-refractivity contribution in [2.45, 2.75) is 0 Å². The second-order valence-electron chi connectivity index (χ2n) is 3.06. The average Bonchev–Trinajstić information content (AvgIpc) is 2.25. The van der Waals surface area contributed by atoms with Gasteiger partial charge in [-0.2, -0.15) is 0 Å². The van der Waals surface area contributed by atoms with Gasteiger partial charge in [0.15, 0.2) is 5.75 Å². The Balaban J connectivity index is 2.90. The summed E-state index contributed by atoms with van der Waals surface area (Å²) in [5.74, 6) is -1.49. The van der Waals surface area contributed by atoms with Crippen molar-refractivity contribution in [1.82, 2.24) is 0 Å². The molecule has 0 fully saturated rings. The van der Waals surface area contributed by atoms with Crippen LogP contribution in [-0.2, 0) is 4.79 Å². The maximum absolute atomic E-state index is 10.5. The number of aliphatic carboxylic acids is 1. The summed E-state index contributed by atoms with van der Waals surface area (Å²) in [5.41, 5.74) is 0.0962. The van der Waals surface area contributed by atoms with Gasteiger partial charge in [0.1, 0.15) is 0 Å². The van der Waals surface area contributed by atoms with Crippen LogP contribution in [0.5, 0.6) is 5.75 Å². The summed E-state index contributed by atoms with van der Waals surface area (Å²) in [6.07, 6.45) is 5.16. The predicted octanol–water partition coefficient (Wildman–Crippen LogP) is 1.95. The topological polar surface area (TPSA) is 101 Å². The highest BCUT2D eigenvalue weighted by molar-refractivity contribution is 5.80. The molecule has 1 rings (SSSR count). The number of carbonyl (C=O) groups is 1. The Morgan fingerprint density at radius 1 is 1.35 bits per heavy atom. The number of hydrogen-bond acceptors (Lipinski definition) is 4. The highest BCUT2D eigenvalue weighted by Gasteiger charge is 2.12. The zero-order valence-electron chi connectivity index (χ0n) is 8.61. The van der Waals surface area contributed by atoms with Gasteiger partial charge < -0.3 is 10.2 Å². The molecule has 0 atom stereocenters. The smallest absolute Gasteiger partial charge is 0.328 e. The van der Waals surface area contributed by atoms with Crippen LogP contribution in [0.1, 0.15) is 5.56 Å². The Labute approximate surface area is 96.3 Å². The molecular weight excluding hydrogens is 226 g/mol. The number of nitrogens with zero attached hydrogens (tertiary/aromatic N) is 1. The minimum atomic E-state index is -1.08. The third kappa shape index (κ3) is 3.78. The lowest BCUT2D eigenvalue weighted by molar-refractivity contribution is -0.385. The Hall–Kier alpha value is -2.63. The van der Waals surface area contributed by atoms with Gasteiger partial charge >= 0.3 is 11.7 Å². The molecule has 6 heteroatoms. The molecule has 88 valence electrons. The molecule has 0 aliphatic carbocycles. The number of carboxylic acids is 1. The number of aromatic hydroxyl groups is 1. The predicted molar refractivity (Wildman–Crippen MR) is 60.6 cm³/mol. The molecule has 1 aromatic carbocycles. The standard InChI is InChI=1S/C11H9NO5/c13-10-6-5-8(7-9(10)12(16)17)3-1-2-4-11(14)15/h1-7,13H,(H,14,15)/b3-1+,4-2+. The van der Waals surface area contributed by atoms with Gasteiger partial charge in [-0.1, -0.05) is 24.3 Å². The first-order valence-corrected chi connectivity index (χ1v) is 4.56.